The van der Waals surface area contributed by atoms with Crippen LogP contribution in [0, 0.1) is 0 Å². The third-order valence-electron chi connectivity index (χ3n) is 4.33. The van der Waals surface area contributed by atoms with Crippen molar-refractivity contribution in [2.75, 3.05) is 31.5 Å². The topological polar surface area (TPSA) is 24.5 Å². The van der Waals surface area contributed by atoms with E-state index in [9.17, 15) is 0 Å². The van der Waals surface area contributed by atoms with Gasteiger partial charge in [-0.1, -0.05) is 13.0 Å². The van der Waals surface area contributed by atoms with Gasteiger partial charge in [-0.15, -0.1) is 0 Å². The number of nitrogens with one attached hydrogen (secondary N) is 1. The molecule has 2 aliphatic heterocycles. The van der Waals surface area contributed by atoms with Gasteiger partial charge in [0, 0.05) is 30.9 Å². The van der Waals surface area contributed by atoms with E-state index in [2.05, 4.69) is 35.3 Å². The van der Waals surface area contributed by atoms with Gasteiger partial charge in [0.15, 0.2) is 0 Å². The fourth-order valence-corrected chi connectivity index (χ4v) is 3.11. The van der Waals surface area contributed by atoms with Gasteiger partial charge in [-0.05, 0) is 44.4 Å². The van der Waals surface area contributed by atoms with Crippen LogP contribution >= 0.6 is 0 Å². The Hall–Kier alpha value is -1.22. The maximum Gasteiger partial charge on any atom is 0.124 e. The normalized spacial score (nSPS) is 20.7. The number of rotatable bonds is 3. The van der Waals surface area contributed by atoms with E-state index < -0.39 is 0 Å². The van der Waals surface area contributed by atoms with E-state index in [0.29, 0.717) is 6.10 Å². The Morgan fingerprint density at radius 1 is 1.32 bits per heavy atom. The van der Waals surface area contributed by atoms with E-state index in [1.807, 2.05) is 0 Å². The van der Waals surface area contributed by atoms with Gasteiger partial charge < -0.3 is 15.0 Å². The first-order valence-electron chi connectivity index (χ1n) is 7.61. The first-order valence-corrected chi connectivity index (χ1v) is 7.61. The van der Waals surface area contributed by atoms with Crippen molar-refractivity contribution in [1.82, 2.24) is 4.90 Å². The Morgan fingerprint density at radius 3 is 2.95 bits per heavy atom. The number of ether oxygens (including phenoxy) is 1. The molecule has 0 aromatic heterocycles. The molecule has 1 saturated heterocycles. The summed E-state index contributed by atoms with van der Waals surface area (Å²) in [4.78, 5) is 2.50. The quantitative estimate of drug-likeness (QED) is 0.904. The van der Waals surface area contributed by atoms with Crippen molar-refractivity contribution >= 4 is 5.69 Å². The zero-order valence-corrected chi connectivity index (χ0v) is 11.8. The van der Waals surface area contributed by atoms with Crippen molar-refractivity contribution < 1.29 is 4.74 Å². The van der Waals surface area contributed by atoms with Crippen LogP contribution in [-0.4, -0.2) is 37.2 Å². The maximum atomic E-state index is 6.28. The van der Waals surface area contributed by atoms with Crippen LogP contribution in [0.5, 0.6) is 5.75 Å². The molecule has 3 rings (SSSR count). The lowest BCUT2D eigenvalue weighted by molar-refractivity contribution is 0.103. The van der Waals surface area contributed by atoms with Crippen molar-refractivity contribution in [3.05, 3.63) is 23.8 Å². The van der Waals surface area contributed by atoms with E-state index in [0.717, 1.165) is 38.1 Å². The predicted molar refractivity (Wildman–Crippen MR) is 79.0 cm³/mol. The maximum absolute atomic E-state index is 6.28. The smallest absolute Gasteiger partial charge is 0.124 e. The number of benzene rings is 1. The summed E-state index contributed by atoms with van der Waals surface area (Å²) in [6, 6.07) is 6.41. The van der Waals surface area contributed by atoms with E-state index in [1.54, 1.807) is 0 Å². The molecule has 19 heavy (non-hydrogen) atoms. The minimum atomic E-state index is 0.399. The van der Waals surface area contributed by atoms with Gasteiger partial charge >= 0.3 is 0 Å². The Bertz CT molecular complexity index is 425. The number of anilines is 1. The molecule has 0 aliphatic carbocycles. The lowest BCUT2D eigenvalue weighted by Crippen LogP contribution is -2.38. The number of piperidine rings is 1. The fraction of sp³-hybridized carbons (Fsp3) is 0.625. The third-order valence-corrected chi connectivity index (χ3v) is 4.33. The first kappa shape index (κ1) is 12.8. The molecular weight excluding hydrogens is 236 g/mol. The summed E-state index contributed by atoms with van der Waals surface area (Å²) < 4.78 is 6.28. The predicted octanol–water partition coefficient (Wildman–Crippen LogP) is 2.91. The second kappa shape index (κ2) is 5.83. The molecule has 1 fully saturated rings. The minimum absolute atomic E-state index is 0.399. The molecule has 0 bridgehead atoms. The first-order chi connectivity index (χ1) is 9.36. The van der Waals surface area contributed by atoms with Gasteiger partial charge in [0.05, 0.1) is 0 Å². The molecule has 0 unspecified atom stereocenters. The van der Waals surface area contributed by atoms with E-state index >= 15 is 0 Å². The lowest BCUT2D eigenvalue weighted by Gasteiger charge is -2.32. The number of hydrogen-bond donors (Lipinski definition) is 1. The summed E-state index contributed by atoms with van der Waals surface area (Å²) in [5.74, 6) is 1.11. The highest BCUT2D eigenvalue weighted by Crippen LogP contribution is 2.32. The zero-order valence-electron chi connectivity index (χ0n) is 11.8. The van der Waals surface area contributed by atoms with Gasteiger partial charge in [0.1, 0.15) is 11.9 Å². The van der Waals surface area contributed by atoms with Crippen LogP contribution < -0.4 is 10.1 Å². The molecule has 3 heteroatoms. The monoisotopic (exact) mass is 260 g/mol. The Kier molecular flexibility index (Phi) is 3.92. The molecule has 2 aliphatic rings. The molecule has 0 amide bonds. The molecule has 0 saturated carbocycles. The molecule has 1 aromatic rings. The number of nitrogens with zero attached hydrogens (tertiary/aromatic N) is 1. The number of likely N-dealkylation sites (tertiary alicyclic amines) is 1. The van der Waals surface area contributed by atoms with Crippen LogP contribution in [0.2, 0.25) is 0 Å². The SMILES string of the molecule is CCN1CCC(Oc2cccc3c2CCCN3)CC1. The average molecular weight is 260 g/mol. The molecule has 1 aromatic carbocycles. The molecule has 3 nitrogen and oxygen atoms in total. The Morgan fingerprint density at radius 2 is 2.16 bits per heavy atom. The van der Waals surface area contributed by atoms with Crippen molar-refractivity contribution in [3.63, 3.8) is 0 Å². The summed E-state index contributed by atoms with van der Waals surface area (Å²) in [6.45, 7) is 6.84. The summed E-state index contributed by atoms with van der Waals surface area (Å²) in [5, 5.41) is 3.47. The third kappa shape index (κ3) is 2.86. The highest BCUT2D eigenvalue weighted by Gasteiger charge is 2.21. The minimum Gasteiger partial charge on any atom is -0.490 e. The fourth-order valence-electron chi connectivity index (χ4n) is 3.11. The molecule has 104 valence electrons. The second-order valence-corrected chi connectivity index (χ2v) is 5.56. The van der Waals surface area contributed by atoms with E-state index in [4.69, 9.17) is 4.74 Å². The van der Waals surface area contributed by atoms with Gasteiger partial charge in [0.2, 0.25) is 0 Å². The molecule has 0 atom stereocenters. The Labute approximate surface area is 115 Å². The van der Waals surface area contributed by atoms with Gasteiger partial charge in [0.25, 0.3) is 0 Å². The standard InChI is InChI=1S/C16H24N2O/c1-2-18-11-8-13(9-12-18)19-16-7-3-6-15-14(16)5-4-10-17-15/h3,6-7,13,17H,2,4-5,8-12H2,1H3. The van der Waals surface area contributed by atoms with Crippen LogP contribution in [0.3, 0.4) is 0 Å². The largest absolute Gasteiger partial charge is 0.490 e. The summed E-state index contributed by atoms with van der Waals surface area (Å²) in [5.41, 5.74) is 2.65. The van der Waals surface area contributed by atoms with Crippen LogP contribution in [0.15, 0.2) is 18.2 Å². The zero-order chi connectivity index (χ0) is 13.1. The van der Waals surface area contributed by atoms with Crippen molar-refractivity contribution in [1.29, 1.82) is 0 Å². The summed E-state index contributed by atoms with van der Waals surface area (Å²) >= 11 is 0. The van der Waals surface area contributed by atoms with E-state index in [1.165, 1.54) is 30.8 Å². The van der Waals surface area contributed by atoms with E-state index in [-0.39, 0.29) is 0 Å². The van der Waals surface area contributed by atoms with Gasteiger partial charge in [-0.2, -0.15) is 0 Å². The van der Waals surface area contributed by atoms with Crippen molar-refractivity contribution in [2.24, 2.45) is 0 Å². The number of fused-ring (bicyclic) bond motifs is 1. The van der Waals surface area contributed by atoms with Crippen LogP contribution in [-0.2, 0) is 6.42 Å². The summed E-state index contributed by atoms with van der Waals surface area (Å²) in [6.07, 6.45) is 5.07. The highest BCUT2D eigenvalue weighted by molar-refractivity contribution is 5.59. The Balaban J connectivity index is 1.67. The summed E-state index contributed by atoms with van der Waals surface area (Å²) in [7, 11) is 0. The molecule has 0 spiro atoms. The molecule has 0 radical (unpaired) electrons. The van der Waals surface area contributed by atoms with Crippen LogP contribution in [0.25, 0.3) is 0 Å². The molecule has 1 N–H and O–H groups in total. The second-order valence-electron chi connectivity index (χ2n) is 5.56. The number of hydrogen-bond acceptors (Lipinski definition) is 3. The highest BCUT2D eigenvalue weighted by atomic mass is 16.5. The van der Waals surface area contributed by atoms with Gasteiger partial charge in [-0.3, -0.25) is 0 Å². The lowest BCUT2D eigenvalue weighted by atomic mass is 10.0. The molecule has 2 heterocycles. The van der Waals surface area contributed by atoms with Gasteiger partial charge in [-0.25, -0.2) is 0 Å². The van der Waals surface area contributed by atoms with Crippen LogP contribution in [0.4, 0.5) is 5.69 Å². The van der Waals surface area contributed by atoms with Crippen molar-refractivity contribution in [2.45, 2.75) is 38.7 Å². The van der Waals surface area contributed by atoms with Crippen LogP contribution in [0.1, 0.15) is 31.7 Å². The average Bonchev–Trinajstić information content (AvgIpc) is 2.48. The molecular formula is C16H24N2O. The van der Waals surface area contributed by atoms with Crippen molar-refractivity contribution in [3.8, 4) is 5.75 Å².